The number of hydrogen-bond acceptors (Lipinski definition) is 7. The lowest BCUT2D eigenvalue weighted by Gasteiger charge is -2.13. The van der Waals surface area contributed by atoms with Crippen molar-refractivity contribution in [3.8, 4) is 11.3 Å². The topological polar surface area (TPSA) is 105 Å². The number of aliphatic hydroxyl groups is 2. The Labute approximate surface area is 169 Å². The van der Waals surface area contributed by atoms with Crippen LogP contribution in [-0.2, 0) is 9.53 Å². The maximum atomic E-state index is 11.7. The molecule has 0 bridgehead atoms. The number of ether oxygens (including phenoxy) is 1. The first-order valence-corrected chi connectivity index (χ1v) is 9.60. The minimum absolute atomic E-state index is 0.123. The highest BCUT2D eigenvalue weighted by atomic mass is 16.5. The molecule has 3 rings (SSSR count). The van der Waals surface area contributed by atoms with E-state index in [0.29, 0.717) is 47.5 Å². The van der Waals surface area contributed by atoms with E-state index in [-0.39, 0.29) is 12.1 Å². The normalized spacial score (nSPS) is 11.2. The van der Waals surface area contributed by atoms with Crippen molar-refractivity contribution in [2.45, 2.75) is 39.1 Å². The standard InChI is InChI=1S/C22H25N3O4/c1-14(2)29-19(26)9-6-12-23-21-20(15-7-4-3-5-8-15)24-17-11-10-16(22(27)28)13-18(17)25-21/h3-5,7-8,10-11,13-14,22,27-28H,6,9,12H2,1-2H3,(H,23,25). The molecule has 0 fully saturated rings. The number of esters is 1. The van der Waals surface area contributed by atoms with Gasteiger partial charge in [-0.25, -0.2) is 9.97 Å². The lowest BCUT2D eigenvalue weighted by atomic mass is 10.1. The molecule has 0 aliphatic heterocycles. The molecule has 0 saturated carbocycles. The number of carbonyl (C=O) groups is 1. The maximum absolute atomic E-state index is 11.7. The summed E-state index contributed by atoms with van der Waals surface area (Å²) in [6, 6.07) is 14.6. The molecule has 0 aliphatic carbocycles. The zero-order chi connectivity index (χ0) is 20.8. The largest absolute Gasteiger partial charge is 0.463 e. The summed E-state index contributed by atoms with van der Waals surface area (Å²) in [5.74, 6) is 0.349. The summed E-state index contributed by atoms with van der Waals surface area (Å²) in [5, 5.41) is 22.1. The molecule has 1 heterocycles. The number of fused-ring (bicyclic) bond motifs is 1. The van der Waals surface area contributed by atoms with Gasteiger partial charge in [0.25, 0.3) is 0 Å². The highest BCUT2D eigenvalue weighted by molar-refractivity contribution is 5.83. The van der Waals surface area contributed by atoms with E-state index in [0.717, 1.165) is 5.56 Å². The molecule has 0 unspecified atom stereocenters. The monoisotopic (exact) mass is 395 g/mol. The van der Waals surface area contributed by atoms with Crippen molar-refractivity contribution in [1.29, 1.82) is 0 Å². The van der Waals surface area contributed by atoms with Crippen molar-refractivity contribution in [1.82, 2.24) is 9.97 Å². The van der Waals surface area contributed by atoms with Crippen LogP contribution in [0.4, 0.5) is 5.82 Å². The number of aliphatic hydroxyl groups excluding tert-OH is 1. The molecular formula is C22H25N3O4. The summed E-state index contributed by atoms with van der Waals surface area (Å²) in [5.41, 5.74) is 3.16. The first-order valence-electron chi connectivity index (χ1n) is 9.60. The Bertz CT molecular complexity index is 974. The van der Waals surface area contributed by atoms with Crippen LogP contribution in [-0.4, -0.2) is 38.8 Å². The van der Waals surface area contributed by atoms with Gasteiger partial charge in [-0.05, 0) is 32.4 Å². The van der Waals surface area contributed by atoms with Gasteiger partial charge in [-0.3, -0.25) is 4.79 Å². The summed E-state index contributed by atoms with van der Waals surface area (Å²) in [6.07, 6.45) is -0.788. The molecule has 0 atom stereocenters. The van der Waals surface area contributed by atoms with Crippen molar-refractivity contribution < 1.29 is 19.7 Å². The van der Waals surface area contributed by atoms with E-state index in [4.69, 9.17) is 9.72 Å². The van der Waals surface area contributed by atoms with Crippen LogP contribution in [0.1, 0.15) is 38.5 Å². The minimum atomic E-state index is -1.57. The summed E-state index contributed by atoms with van der Waals surface area (Å²) in [6.45, 7) is 4.17. The fourth-order valence-corrected chi connectivity index (χ4v) is 2.91. The molecule has 0 spiro atoms. The Kier molecular flexibility index (Phi) is 6.74. The average Bonchev–Trinajstić information content (AvgIpc) is 2.70. The molecule has 0 aliphatic rings. The second kappa shape index (κ2) is 9.45. The Morgan fingerprint density at radius 1 is 1.07 bits per heavy atom. The smallest absolute Gasteiger partial charge is 0.306 e. The molecule has 1 aromatic heterocycles. The zero-order valence-electron chi connectivity index (χ0n) is 16.5. The second-order valence-corrected chi connectivity index (χ2v) is 6.98. The fraction of sp³-hybridized carbons (Fsp3) is 0.318. The van der Waals surface area contributed by atoms with Crippen LogP contribution in [0, 0.1) is 0 Å². The van der Waals surface area contributed by atoms with Gasteiger partial charge in [-0.2, -0.15) is 0 Å². The predicted octanol–water partition coefficient (Wildman–Crippen LogP) is 3.42. The molecule has 152 valence electrons. The van der Waals surface area contributed by atoms with Gasteiger partial charge < -0.3 is 20.3 Å². The summed E-state index contributed by atoms with van der Waals surface area (Å²) in [7, 11) is 0. The van der Waals surface area contributed by atoms with E-state index in [2.05, 4.69) is 10.3 Å². The number of aromatic nitrogens is 2. The molecule has 0 saturated heterocycles. The van der Waals surface area contributed by atoms with E-state index in [1.807, 2.05) is 44.2 Å². The number of nitrogens with zero attached hydrogens (tertiary/aromatic N) is 2. The van der Waals surface area contributed by atoms with Crippen LogP contribution < -0.4 is 5.32 Å². The molecule has 0 amide bonds. The number of anilines is 1. The SMILES string of the molecule is CC(C)OC(=O)CCCNc1nc2cc(C(O)O)ccc2nc1-c1ccccc1. The third kappa shape index (κ3) is 5.49. The summed E-state index contributed by atoms with van der Waals surface area (Å²) in [4.78, 5) is 21.1. The number of benzene rings is 2. The Morgan fingerprint density at radius 3 is 2.52 bits per heavy atom. The minimum Gasteiger partial charge on any atom is -0.463 e. The number of nitrogens with one attached hydrogen (secondary N) is 1. The number of carbonyl (C=O) groups excluding carboxylic acids is 1. The van der Waals surface area contributed by atoms with Gasteiger partial charge in [0.05, 0.1) is 17.1 Å². The second-order valence-electron chi connectivity index (χ2n) is 6.98. The molecule has 2 aromatic carbocycles. The molecular weight excluding hydrogens is 370 g/mol. The number of rotatable bonds is 8. The first-order chi connectivity index (χ1) is 13.9. The zero-order valence-corrected chi connectivity index (χ0v) is 16.5. The molecule has 7 heteroatoms. The Hall–Kier alpha value is -3.03. The lowest BCUT2D eigenvalue weighted by molar-refractivity contribution is -0.147. The van der Waals surface area contributed by atoms with E-state index >= 15 is 0 Å². The van der Waals surface area contributed by atoms with Crippen molar-refractivity contribution >= 4 is 22.8 Å². The van der Waals surface area contributed by atoms with Crippen molar-refractivity contribution in [3.63, 3.8) is 0 Å². The van der Waals surface area contributed by atoms with Crippen molar-refractivity contribution in [2.24, 2.45) is 0 Å². The highest BCUT2D eigenvalue weighted by Gasteiger charge is 2.13. The summed E-state index contributed by atoms with van der Waals surface area (Å²) < 4.78 is 5.15. The predicted molar refractivity (Wildman–Crippen MR) is 111 cm³/mol. The average molecular weight is 395 g/mol. The van der Waals surface area contributed by atoms with E-state index < -0.39 is 6.29 Å². The Morgan fingerprint density at radius 2 is 1.83 bits per heavy atom. The van der Waals surface area contributed by atoms with Crippen LogP contribution in [0.25, 0.3) is 22.3 Å². The van der Waals surface area contributed by atoms with Gasteiger partial charge in [0.15, 0.2) is 12.1 Å². The third-order valence-electron chi connectivity index (χ3n) is 4.25. The quantitative estimate of drug-likeness (QED) is 0.305. The summed E-state index contributed by atoms with van der Waals surface area (Å²) >= 11 is 0. The van der Waals surface area contributed by atoms with Crippen LogP contribution in [0.5, 0.6) is 0 Å². The van der Waals surface area contributed by atoms with E-state index in [1.165, 1.54) is 0 Å². The molecule has 3 aromatic rings. The van der Waals surface area contributed by atoms with Crippen LogP contribution in [0.3, 0.4) is 0 Å². The van der Waals surface area contributed by atoms with Gasteiger partial charge in [0.1, 0.15) is 5.69 Å². The van der Waals surface area contributed by atoms with Crippen LogP contribution in [0.2, 0.25) is 0 Å². The van der Waals surface area contributed by atoms with E-state index in [1.54, 1.807) is 18.2 Å². The van der Waals surface area contributed by atoms with Crippen LogP contribution >= 0.6 is 0 Å². The van der Waals surface area contributed by atoms with Crippen molar-refractivity contribution in [3.05, 3.63) is 54.1 Å². The van der Waals surface area contributed by atoms with Gasteiger partial charge >= 0.3 is 5.97 Å². The maximum Gasteiger partial charge on any atom is 0.306 e. The molecule has 0 radical (unpaired) electrons. The van der Waals surface area contributed by atoms with Gasteiger partial charge in [-0.1, -0.05) is 36.4 Å². The molecule has 3 N–H and O–H groups in total. The molecule has 7 nitrogen and oxygen atoms in total. The fourth-order valence-electron chi connectivity index (χ4n) is 2.91. The molecule has 29 heavy (non-hydrogen) atoms. The van der Waals surface area contributed by atoms with E-state index in [9.17, 15) is 15.0 Å². The number of hydrogen-bond donors (Lipinski definition) is 3. The van der Waals surface area contributed by atoms with Gasteiger partial charge in [0, 0.05) is 24.1 Å². The lowest BCUT2D eigenvalue weighted by Crippen LogP contribution is -2.13. The first kappa shape index (κ1) is 20.7. The Balaban J connectivity index is 1.85. The third-order valence-corrected chi connectivity index (χ3v) is 4.25. The van der Waals surface area contributed by atoms with Gasteiger partial charge in [0.2, 0.25) is 0 Å². The van der Waals surface area contributed by atoms with Gasteiger partial charge in [-0.15, -0.1) is 0 Å². The van der Waals surface area contributed by atoms with Crippen LogP contribution in [0.15, 0.2) is 48.5 Å². The van der Waals surface area contributed by atoms with Crippen molar-refractivity contribution in [2.75, 3.05) is 11.9 Å². The highest BCUT2D eigenvalue weighted by Crippen LogP contribution is 2.28.